The average molecular weight is 468 g/mol. The highest BCUT2D eigenvalue weighted by molar-refractivity contribution is 6.33. The normalized spacial score (nSPS) is 10.2. The third kappa shape index (κ3) is 7.62. The van der Waals surface area contributed by atoms with Crippen LogP contribution in [0.5, 0.6) is 0 Å². The number of likely N-dealkylation sites (N-methyl/N-ethyl adjacent to an activating group) is 1. The number of rotatable bonds is 9. The number of ether oxygens (including phenoxy) is 1. The molecule has 0 aliphatic carbocycles. The van der Waals surface area contributed by atoms with Gasteiger partial charge in [0.15, 0.2) is 6.61 Å². The first-order chi connectivity index (χ1) is 15.2. The van der Waals surface area contributed by atoms with Crippen LogP contribution in [-0.4, -0.2) is 55.3 Å². The fourth-order valence-electron chi connectivity index (χ4n) is 2.43. The van der Waals surface area contributed by atoms with Crippen LogP contribution in [0.15, 0.2) is 42.5 Å². The molecule has 32 heavy (non-hydrogen) atoms. The standard InChI is InChI=1S/C21H20ClF2N3O5/c1-27(11-18(28)26-17-5-3-2-4-15(17)22)19(29)12-32-20(30)8-9-25-21(31)14-7-6-13(23)10-16(14)24/h2-7,10H,8-9,11-12H2,1H3,(H,25,31)(H,26,28). The maximum atomic E-state index is 13.5. The largest absolute Gasteiger partial charge is 0.456 e. The third-order valence-electron chi connectivity index (χ3n) is 4.10. The summed E-state index contributed by atoms with van der Waals surface area (Å²) in [4.78, 5) is 48.7. The van der Waals surface area contributed by atoms with Crippen LogP contribution >= 0.6 is 11.6 Å². The summed E-state index contributed by atoms with van der Waals surface area (Å²) in [5.74, 6) is -4.57. The fourth-order valence-corrected chi connectivity index (χ4v) is 2.61. The second-order valence-electron chi connectivity index (χ2n) is 6.57. The second kappa shape index (κ2) is 11.8. The van der Waals surface area contributed by atoms with Gasteiger partial charge < -0.3 is 20.3 Å². The minimum Gasteiger partial charge on any atom is -0.456 e. The van der Waals surface area contributed by atoms with Crippen LogP contribution in [0.25, 0.3) is 0 Å². The minimum atomic E-state index is -1.03. The smallest absolute Gasteiger partial charge is 0.308 e. The van der Waals surface area contributed by atoms with E-state index in [1.807, 2.05) is 0 Å². The van der Waals surface area contributed by atoms with E-state index in [4.69, 9.17) is 16.3 Å². The van der Waals surface area contributed by atoms with Crippen molar-refractivity contribution in [2.24, 2.45) is 0 Å². The zero-order valence-electron chi connectivity index (χ0n) is 17.0. The predicted octanol–water partition coefficient (Wildman–Crippen LogP) is 2.38. The van der Waals surface area contributed by atoms with Crippen molar-refractivity contribution in [2.75, 3.05) is 32.1 Å². The monoisotopic (exact) mass is 467 g/mol. The Kier molecular flexibility index (Phi) is 9.08. The first-order valence-electron chi connectivity index (χ1n) is 9.34. The summed E-state index contributed by atoms with van der Waals surface area (Å²) in [6, 6.07) is 9.08. The number of anilines is 1. The van der Waals surface area contributed by atoms with Crippen LogP contribution in [0.3, 0.4) is 0 Å². The highest BCUT2D eigenvalue weighted by Crippen LogP contribution is 2.20. The summed E-state index contributed by atoms with van der Waals surface area (Å²) in [5, 5.41) is 5.20. The van der Waals surface area contributed by atoms with E-state index in [-0.39, 0.29) is 25.1 Å². The van der Waals surface area contributed by atoms with E-state index in [0.717, 1.165) is 17.0 Å². The molecule has 0 radical (unpaired) electrons. The molecule has 0 fully saturated rings. The highest BCUT2D eigenvalue weighted by atomic mass is 35.5. The molecular weight excluding hydrogens is 448 g/mol. The van der Waals surface area contributed by atoms with Crippen molar-refractivity contribution in [3.05, 3.63) is 64.7 Å². The van der Waals surface area contributed by atoms with E-state index >= 15 is 0 Å². The molecule has 0 atom stereocenters. The molecule has 0 spiro atoms. The Morgan fingerprint density at radius 2 is 1.81 bits per heavy atom. The van der Waals surface area contributed by atoms with Gasteiger partial charge in [0.2, 0.25) is 5.91 Å². The van der Waals surface area contributed by atoms with E-state index in [1.165, 1.54) is 7.05 Å². The number of esters is 1. The number of hydrogen-bond acceptors (Lipinski definition) is 5. The molecular formula is C21H20ClF2N3O5. The van der Waals surface area contributed by atoms with E-state index in [1.54, 1.807) is 24.3 Å². The topological polar surface area (TPSA) is 105 Å². The summed E-state index contributed by atoms with van der Waals surface area (Å²) < 4.78 is 31.2. The van der Waals surface area contributed by atoms with E-state index in [0.29, 0.717) is 16.8 Å². The molecule has 3 amide bonds. The molecule has 0 bridgehead atoms. The molecule has 170 valence electrons. The molecule has 2 aromatic rings. The van der Waals surface area contributed by atoms with Crippen molar-refractivity contribution in [3.63, 3.8) is 0 Å². The minimum absolute atomic E-state index is 0.182. The molecule has 11 heteroatoms. The quantitative estimate of drug-likeness (QED) is 0.551. The maximum Gasteiger partial charge on any atom is 0.308 e. The number of amides is 3. The Morgan fingerprint density at radius 3 is 2.50 bits per heavy atom. The van der Waals surface area contributed by atoms with Gasteiger partial charge in [0, 0.05) is 19.7 Å². The number of nitrogens with zero attached hydrogens (tertiary/aromatic N) is 1. The first kappa shape index (κ1) is 24.7. The van der Waals surface area contributed by atoms with Gasteiger partial charge in [-0.15, -0.1) is 0 Å². The SMILES string of the molecule is CN(CC(=O)Nc1ccccc1Cl)C(=O)COC(=O)CCNC(=O)c1ccc(F)cc1F. The number of halogens is 3. The molecule has 2 aromatic carbocycles. The van der Waals surface area contributed by atoms with Gasteiger partial charge in [0.05, 0.1) is 29.2 Å². The number of carbonyl (C=O) groups is 4. The van der Waals surface area contributed by atoms with Gasteiger partial charge in [-0.25, -0.2) is 8.78 Å². The van der Waals surface area contributed by atoms with Gasteiger partial charge in [-0.05, 0) is 24.3 Å². The molecule has 0 saturated carbocycles. The average Bonchev–Trinajstić information content (AvgIpc) is 2.73. The first-order valence-corrected chi connectivity index (χ1v) is 9.72. The van der Waals surface area contributed by atoms with Gasteiger partial charge in [-0.2, -0.15) is 0 Å². The highest BCUT2D eigenvalue weighted by Gasteiger charge is 2.17. The number of benzene rings is 2. The van der Waals surface area contributed by atoms with E-state index in [2.05, 4.69) is 10.6 Å². The summed E-state index contributed by atoms with van der Waals surface area (Å²) in [7, 11) is 1.36. The Balaban J connectivity index is 1.69. The molecule has 0 heterocycles. The van der Waals surface area contributed by atoms with Gasteiger partial charge in [0.25, 0.3) is 11.8 Å². The summed E-state index contributed by atoms with van der Waals surface area (Å²) in [6.45, 7) is -1.07. The van der Waals surface area contributed by atoms with Crippen molar-refractivity contribution in [3.8, 4) is 0 Å². The van der Waals surface area contributed by atoms with Crippen LogP contribution in [0.1, 0.15) is 16.8 Å². The van der Waals surface area contributed by atoms with Crippen LogP contribution < -0.4 is 10.6 Å². The van der Waals surface area contributed by atoms with Crippen molar-refractivity contribution < 1.29 is 32.7 Å². The van der Waals surface area contributed by atoms with Gasteiger partial charge >= 0.3 is 5.97 Å². The molecule has 2 rings (SSSR count). The van der Waals surface area contributed by atoms with Crippen molar-refractivity contribution in [2.45, 2.75) is 6.42 Å². The van der Waals surface area contributed by atoms with Crippen LogP contribution in [0.4, 0.5) is 14.5 Å². The lowest BCUT2D eigenvalue weighted by molar-refractivity contribution is -0.151. The molecule has 8 nitrogen and oxygen atoms in total. The summed E-state index contributed by atoms with van der Waals surface area (Å²) in [5.41, 5.74) is 0.0284. The number of hydrogen-bond donors (Lipinski definition) is 2. The molecule has 0 aliphatic heterocycles. The maximum absolute atomic E-state index is 13.5. The molecule has 0 unspecified atom stereocenters. The summed E-state index contributed by atoms with van der Waals surface area (Å²) >= 11 is 5.95. The zero-order valence-corrected chi connectivity index (χ0v) is 17.7. The lowest BCUT2D eigenvalue weighted by atomic mass is 10.2. The molecule has 2 N–H and O–H groups in total. The van der Waals surface area contributed by atoms with Crippen LogP contribution in [0, 0.1) is 11.6 Å². The Morgan fingerprint density at radius 1 is 1.09 bits per heavy atom. The zero-order chi connectivity index (χ0) is 23.7. The summed E-state index contributed by atoms with van der Waals surface area (Å²) in [6.07, 6.45) is -0.279. The van der Waals surface area contributed by atoms with E-state index < -0.39 is 41.9 Å². The predicted molar refractivity (Wildman–Crippen MR) is 112 cm³/mol. The van der Waals surface area contributed by atoms with Crippen molar-refractivity contribution >= 4 is 41.0 Å². The van der Waals surface area contributed by atoms with Gasteiger partial charge in [-0.1, -0.05) is 23.7 Å². The number of nitrogens with one attached hydrogen (secondary N) is 2. The second-order valence-corrected chi connectivity index (χ2v) is 6.98. The molecule has 0 aromatic heterocycles. The molecule has 0 aliphatic rings. The van der Waals surface area contributed by atoms with Gasteiger partial charge in [0.1, 0.15) is 11.6 Å². The molecule has 0 saturated heterocycles. The van der Waals surface area contributed by atoms with Crippen LogP contribution in [-0.2, 0) is 19.1 Å². The Bertz CT molecular complexity index is 1020. The van der Waals surface area contributed by atoms with Crippen LogP contribution in [0.2, 0.25) is 5.02 Å². The lowest BCUT2D eigenvalue weighted by Gasteiger charge is -2.17. The Hall–Kier alpha value is -3.53. The third-order valence-corrected chi connectivity index (χ3v) is 4.43. The van der Waals surface area contributed by atoms with E-state index in [9.17, 15) is 28.0 Å². The fraction of sp³-hybridized carbons (Fsp3) is 0.238. The van der Waals surface area contributed by atoms with Crippen molar-refractivity contribution in [1.29, 1.82) is 0 Å². The van der Waals surface area contributed by atoms with Gasteiger partial charge in [-0.3, -0.25) is 19.2 Å². The Labute approximate surface area is 187 Å². The van der Waals surface area contributed by atoms with Crippen molar-refractivity contribution in [1.82, 2.24) is 10.2 Å². The lowest BCUT2D eigenvalue weighted by Crippen LogP contribution is -2.37. The number of carbonyl (C=O) groups excluding carboxylic acids is 4. The number of para-hydroxylation sites is 1.